The molecule has 15 heavy (non-hydrogen) atoms. The number of esters is 2. The highest BCUT2D eigenvalue weighted by Crippen LogP contribution is 2.60. The summed E-state index contributed by atoms with van der Waals surface area (Å²) in [6, 6.07) is 0. The van der Waals surface area contributed by atoms with Gasteiger partial charge < -0.3 is 9.47 Å². The molecule has 0 radical (unpaired) electrons. The zero-order valence-corrected chi connectivity index (χ0v) is 10.3. The summed E-state index contributed by atoms with van der Waals surface area (Å²) in [4.78, 5) is 23.3. The quantitative estimate of drug-likeness (QED) is 0.407. The van der Waals surface area contributed by atoms with Crippen molar-refractivity contribution < 1.29 is 19.1 Å². The lowest BCUT2D eigenvalue weighted by Gasteiger charge is -2.26. The summed E-state index contributed by atoms with van der Waals surface area (Å²) < 4.78 is 10.4. The number of hydrogen-bond acceptors (Lipinski definition) is 4. The third-order valence-electron chi connectivity index (χ3n) is 4.00. The van der Waals surface area contributed by atoms with Crippen LogP contribution in [0.5, 0.6) is 0 Å². The summed E-state index contributed by atoms with van der Waals surface area (Å²) in [6.45, 7) is 0. The Hall–Kier alpha value is -0.330. The minimum atomic E-state index is -0.256. The number of rotatable bonds is 1. The van der Waals surface area contributed by atoms with Crippen LogP contribution in [-0.4, -0.2) is 29.1 Å². The van der Waals surface area contributed by atoms with E-state index in [4.69, 9.17) is 9.47 Å². The van der Waals surface area contributed by atoms with Crippen LogP contribution in [0.2, 0.25) is 0 Å². The summed E-state index contributed by atoms with van der Waals surface area (Å²) in [5.74, 6) is -0.391. The van der Waals surface area contributed by atoms with Gasteiger partial charge in [0.15, 0.2) is 0 Å². The van der Waals surface area contributed by atoms with Gasteiger partial charge in [0, 0.05) is 5.92 Å². The molecule has 4 nitrogen and oxygen atoms in total. The zero-order valence-electron chi connectivity index (χ0n) is 8.18. The molecule has 5 heteroatoms. The highest BCUT2D eigenvalue weighted by molar-refractivity contribution is 14.1. The Kier molecular flexibility index (Phi) is 2.03. The molecule has 2 aliphatic carbocycles. The molecule has 0 N–H and O–H groups in total. The van der Waals surface area contributed by atoms with E-state index in [1.54, 1.807) is 0 Å². The molecule has 3 fully saturated rings. The van der Waals surface area contributed by atoms with E-state index >= 15 is 0 Å². The first-order valence-corrected chi connectivity index (χ1v) is 6.32. The second-order valence-corrected chi connectivity index (χ2v) is 5.92. The second kappa shape index (κ2) is 3.09. The van der Waals surface area contributed by atoms with E-state index in [2.05, 4.69) is 22.6 Å². The highest BCUT2D eigenvalue weighted by atomic mass is 127. The first-order valence-electron chi connectivity index (χ1n) is 5.07. The maximum atomic E-state index is 11.6. The Morgan fingerprint density at radius 2 is 2.27 bits per heavy atom. The molecule has 2 bridgehead atoms. The van der Waals surface area contributed by atoms with Crippen LogP contribution in [0.4, 0.5) is 0 Å². The van der Waals surface area contributed by atoms with Gasteiger partial charge in [-0.1, -0.05) is 22.6 Å². The molecule has 0 spiro atoms. The molecule has 82 valence electrons. The van der Waals surface area contributed by atoms with Gasteiger partial charge >= 0.3 is 11.9 Å². The molecule has 0 aromatic carbocycles. The van der Waals surface area contributed by atoms with Gasteiger partial charge in [-0.25, -0.2) is 0 Å². The molecule has 2 saturated carbocycles. The largest absolute Gasteiger partial charge is 0.469 e. The maximum absolute atomic E-state index is 11.6. The number of fused-ring (bicyclic) bond motifs is 1. The van der Waals surface area contributed by atoms with Gasteiger partial charge in [0.25, 0.3) is 0 Å². The SMILES string of the molecule is COC(=O)[C@@H]1[C@@H]2C[C@H]3[C@H](OC(=O)[C@H]31)[C@H]2I. The zero-order chi connectivity index (χ0) is 10.7. The molecule has 1 heterocycles. The van der Waals surface area contributed by atoms with Crippen LogP contribution < -0.4 is 0 Å². The van der Waals surface area contributed by atoms with E-state index < -0.39 is 0 Å². The van der Waals surface area contributed by atoms with E-state index in [-0.39, 0.29) is 45.6 Å². The molecule has 0 aromatic heterocycles. The monoisotopic (exact) mass is 322 g/mol. The molecule has 0 amide bonds. The lowest BCUT2D eigenvalue weighted by molar-refractivity contribution is -0.153. The second-order valence-electron chi connectivity index (χ2n) is 4.48. The number of carbonyl (C=O) groups is 2. The van der Waals surface area contributed by atoms with Gasteiger partial charge in [-0.05, 0) is 12.3 Å². The van der Waals surface area contributed by atoms with E-state index in [1.165, 1.54) is 7.11 Å². The van der Waals surface area contributed by atoms with Gasteiger partial charge in [-0.15, -0.1) is 0 Å². The Labute approximate surface area is 101 Å². The van der Waals surface area contributed by atoms with Gasteiger partial charge in [0.1, 0.15) is 6.10 Å². The van der Waals surface area contributed by atoms with Crippen molar-refractivity contribution in [3.05, 3.63) is 0 Å². The predicted molar refractivity (Wildman–Crippen MR) is 58.3 cm³/mol. The standard InChI is InChI=1S/C10H11IO4/c1-14-9(12)5-3-2-4-6(5)10(13)15-8(4)7(3)11/h3-8H,2H2,1H3/t3-,4+,5+,6+,7-,8-/m0/s1. The van der Waals surface area contributed by atoms with Crippen molar-refractivity contribution in [2.45, 2.75) is 16.4 Å². The Bertz CT molecular complexity index is 342. The topological polar surface area (TPSA) is 52.6 Å². The summed E-state index contributed by atoms with van der Waals surface area (Å²) in [7, 11) is 1.38. The minimum absolute atomic E-state index is 0.0500. The van der Waals surface area contributed by atoms with Crippen LogP contribution in [0.25, 0.3) is 0 Å². The Morgan fingerprint density at radius 1 is 1.53 bits per heavy atom. The fraction of sp³-hybridized carbons (Fsp3) is 0.800. The third-order valence-corrected chi connectivity index (χ3v) is 5.63. The molecular weight excluding hydrogens is 311 g/mol. The smallest absolute Gasteiger partial charge is 0.310 e. The summed E-state index contributed by atoms with van der Waals surface area (Å²) in [5.41, 5.74) is 0. The predicted octanol–water partition coefficient (Wildman–Crippen LogP) is 0.770. The van der Waals surface area contributed by atoms with Crippen LogP contribution in [-0.2, 0) is 19.1 Å². The van der Waals surface area contributed by atoms with Gasteiger partial charge in [0.05, 0.1) is 22.9 Å². The van der Waals surface area contributed by atoms with E-state index in [9.17, 15) is 9.59 Å². The van der Waals surface area contributed by atoms with Crippen LogP contribution in [0.1, 0.15) is 6.42 Å². The highest BCUT2D eigenvalue weighted by Gasteiger charge is 2.68. The van der Waals surface area contributed by atoms with Crippen molar-refractivity contribution >= 4 is 34.5 Å². The van der Waals surface area contributed by atoms with Crippen LogP contribution in [0, 0.1) is 23.7 Å². The summed E-state index contributed by atoms with van der Waals surface area (Å²) in [6.07, 6.45) is 0.989. The van der Waals surface area contributed by atoms with E-state index in [0.29, 0.717) is 0 Å². The first kappa shape index (κ1) is 9.86. The number of methoxy groups -OCH3 is 1. The molecule has 0 aromatic rings. The van der Waals surface area contributed by atoms with Gasteiger partial charge in [-0.2, -0.15) is 0 Å². The molecule has 6 atom stereocenters. The van der Waals surface area contributed by atoms with Crippen molar-refractivity contribution in [2.24, 2.45) is 23.7 Å². The van der Waals surface area contributed by atoms with Gasteiger partial charge in [0.2, 0.25) is 0 Å². The average molecular weight is 322 g/mol. The average Bonchev–Trinajstić information content (AvgIpc) is 2.80. The molecule has 1 saturated heterocycles. The lowest BCUT2D eigenvalue weighted by Crippen LogP contribution is -2.38. The van der Waals surface area contributed by atoms with Crippen molar-refractivity contribution in [1.82, 2.24) is 0 Å². The fourth-order valence-electron chi connectivity index (χ4n) is 3.43. The van der Waals surface area contributed by atoms with Crippen molar-refractivity contribution in [1.29, 1.82) is 0 Å². The number of alkyl halides is 1. The maximum Gasteiger partial charge on any atom is 0.310 e. The van der Waals surface area contributed by atoms with Gasteiger partial charge in [-0.3, -0.25) is 9.59 Å². The van der Waals surface area contributed by atoms with Crippen LogP contribution in [0.3, 0.4) is 0 Å². The fourth-order valence-corrected chi connectivity index (χ4v) is 4.85. The molecule has 3 rings (SSSR count). The number of ether oxygens (including phenoxy) is 2. The van der Waals surface area contributed by atoms with Crippen molar-refractivity contribution in [2.75, 3.05) is 7.11 Å². The summed E-state index contributed by atoms with van der Waals surface area (Å²) in [5, 5.41) is 0. The number of halogens is 1. The first-order chi connectivity index (χ1) is 7.15. The third kappa shape index (κ3) is 1.07. The molecule has 1 aliphatic heterocycles. The van der Waals surface area contributed by atoms with E-state index in [1.807, 2.05) is 0 Å². The van der Waals surface area contributed by atoms with Crippen LogP contribution >= 0.6 is 22.6 Å². The Morgan fingerprint density at radius 3 is 2.93 bits per heavy atom. The van der Waals surface area contributed by atoms with Crippen LogP contribution in [0.15, 0.2) is 0 Å². The lowest BCUT2D eigenvalue weighted by atomic mass is 9.80. The van der Waals surface area contributed by atoms with Crippen molar-refractivity contribution in [3.8, 4) is 0 Å². The molecule has 0 unspecified atom stereocenters. The number of carbonyl (C=O) groups excluding carboxylic acids is 2. The normalized spacial score (nSPS) is 50.7. The van der Waals surface area contributed by atoms with Crippen molar-refractivity contribution in [3.63, 3.8) is 0 Å². The minimum Gasteiger partial charge on any atom is -0.469 e. The molecule has 3 aliphatic rings. The summed E-state index contributed by atoms with van der Waals surface area (Å²) >= 11 is 2.30. The number of hydrogen-bond donors (Lipinski definition) is 0. The van der Waals surface area contributed by atoms with E-state index in [0.717, 1.165) is 6.42 Å². The molecular formula is C10H11IO4. The Balaban J connectivity index is 1.98.